The van der Waals surface area contributed by atoms with Gasteiger partial charge in [0.25, 0.3) is 5.91 Å². The fourth-order valence-electron chi connectivity index (χ4n) is 1.92. The first-order chi connectivity index (χ1) is 9.08. The number of hydrogen-bond acceptors (Lipinski definition) is 7. The molecule has 0 bridgehead atoms. The second-order valence-electron chi connectivity index (χ2n) is 4.28. The first-order valence-electron chi connectivity index (χ1n) is 5.89. The number of hydrogen-bond donors (Lipinski definition) is 2. The average Bonchev–Trinajstić information content (AvgIpc) is 2.82. The van der Waals surface area contributed by atoms with Crippen molar-refractivity contribution >= 4 is 17.7 Å². The molecule has 1 saturated heterocycles. The summed E-state index contributed by atoms with van der Waals surface area (Å²) in [5, 5.41) is 15.4. The predicted molar refractivity (Wildman–Crippen MR) is 63.3 cm³/mol. The zero-order chi connectivity index (χ0) is 13.8. The SMILES string of the molecule is Nc1nonc1C(=O)N1CCN(CCC(=O)O)CC1. The fourth-order valence-corrected chi connectivity index (χ4v) is 1.92. The number of anilines is 1. The van der Waals surface area contributed by atoms with Crippen LogP contribution in [0.3, 0.4) is 0 Å². The zero-order valence-corrected chi connectivity index (χ0v) is 10.3. The summed E-state index contributed by atoms with van der Waals surface area (Å²) in [7, 11) is 0. The predicted octanol–water partition coefficient (Wildman–Crippen LogP) is -1.12. The third kappa shape index (κ3) is 3.19. The number of nitrogens with zero attached hydrogens (tertiary/aromatic N) is 4. The molecule has 1 amide bonds. The molecule has 1 aromatic rings. The number of carbonyl (C=O) groups excluding carboxylic acids is 1. The maximum absolute atomic E-state index is 12.0. The molecule has 1 aliphatic rings. The summed E-state index contributed by atoms with van der Waals surface area (Å²) >= 11 is 0. The first kappa shape index (κ1) is 13.3. The number of carbonyl (C=O) groups is 2. The van der Waals surface area contributed by atoms with E-state index in [4.69, 9.17) is 10.8 Å². The molecule has 1 fully saturated rings. The van der Waals surface area contributed by atoms with Crippen molar-refractivity contribution < 1.29 is 19.3 Å². The quantitative estimate of drug-likeness (QED) is 0.704. The van der Waals surface area contributed by atoms with Crippen molar-refractivity contribution in [2.75, 3.05) is 38.5 Å². The van der Waals surface area contributed by atoms with Crippen molar-refractivity contribution in [3.05, 3.63) is 5.69 Å². The lowest BCUT2D eigenvalue weighted by Gasteiger charge is -2.33. The van der Waals surface area contributed by atoms with Crippen LogP contribution in [0.1, 0.15) is 16.9 Å². The fraction of sp³-hybridized carbons (Fsp3) is 0.600. The molecule has 9 nitrogen and oxygen atoms in total. The van der Waals surface area contributed by atoms with Crippen LogP contribution >= 0.6 is 0 Å². The van der Waals surface area contributed by atoms with Crippen molar-refractivity contribution in [2.24, 2.45) is 0 Å². The molecule has 9 heteroatoms. The van der Waals surface area contributed by atoms with Crippen LogP contribution in [0.2, 0.25) is 0 Å². The number of carboxylic acid groups (broad SMARTS) is 1. The van der Waals surface area contributed by atoms with Gasteiger partial charge in [-0.25, -0.2) is 4.63 Å². The Kier molecular flexibility index (Phi) is 3.95. The van der Waals surface area contributed by atoms with Gasteiger partial charge in [-0.15, -0.1) is 0 Å². The molecule has 0 unspecified atom stereocenters. The molecular formula is C10H15N5O4. The van der Waals surface area contributed by atoms with Gasteiger partial charge >= 0.3 is 5.97 Å². The van der Waals surface area contributed by atoms with Crippen LogP contribution < -0.4 is 5.73 Å². The lowest BCUT2D eigenvalue weighted by atomic mass is 10.2. The van der Waals surface area contributed by atoms with Gasteiger partial charge in [-0.05, 0) is 10.3 Å². The van der Waals surface area contributed by atoms with Crippen LogP contribution in [-0.2, 0) is 4.79 Å². The van der Waals surface area contributed by atoms with Gasteiger partial charge in [-0.3, -0.25) is 14.5 Å². The molecule has 2 rings (SSSR count). The summed E-state index contributed by atoms with van der Waals surface area (Å²) in [6.07, 6.45) is 0.105. The Balaban J connectivity index is 1.85. The van der Waals surface area contributed by atoms with Gasteiger partial charge in [0, 0.05) is 32.7 Å². The van der Waals surface area contributed by atoms with E-state index >= 15 is 0 Å². The molecular weight excluding hydrogens is 254 g/mol. The van der Waals surface area contributed by atoms with Crippen molar-refractivity contribution in [3.8, 4) is 0 Å². The van der Waals surface area contributed by atoms with Gasteiger partial charge in [-0.1, -0.05) is 0 Å². The normalized spacial score (nSPS) is 16.5. The number of rotatable bonds is 4. The third-order valence-corrected chi connectivity index (χ3v) is 3.02. The number of carboxylic acids is 1. The summed E-state index contributed by atoms with van der Waals surface area (Å²) < 4.78 is 4.40. The number of aliphatic carboxylic acids is 1. The number of nitrogens with two attached hydrogens (primary N) is 1. The second kappa shape index (κ2) is 5.65. The minimum Gasteiger partial charge on any atom is -0.481 e. The van der Waals surface area contributed by atoms with Gasteiger partial charge in [-0.2, -0.15) is 0 Å². The Morgan fingerprint density at radius 1 is 1.26 bits per heavy atom. The van der Waals surface area contributed by atoms with Crippen molar-refractivity contribution in [1.29, 1.82) is 0 Å². The highest BCUT2D eigenvalue weighted by atomic mass is 16.6. The molecule has 1 aromatic heterocycles. The highest BCUT2D eigenvalue weighted by Crippen LogP contribution is 2.11. The Morgan fingerprint density at radius 2 is 1.95 bits per heavy atom. The lowest BCUT2D eigenvalue weighted by Crippen LogP contribution is -2.49. The Hall–Kier alpha value is -2.16. The van der Waals surface area contributed by atoms with Gasteiger partial charge in [0.1, 0.15) is 0 Å². The average molecular weight is 269 g/mol. The van der Waals surface area contributed by atoms with Crippen LogP contribution in [0, 0.1) is 0 Å². The summed E-state index contributed by atoms with van der Waals surface area (Å²) in [5.74, 6) is -1.14. The van der Waals surface area contributed by atoms with E-state index in [1.807, 2.05) is 4.90 Å². The van der Waals surface area contributed by atoms with Crippen LogP contribution in [0.4, 0.5) is 5.82 Å². The van der Waals surface area contributed by atoms with E-state index in [9.17, 15) is 9.59 Å². The monoisotopic (exact) mass is 269 g/mol. The number of aromatic nitrogens is 2. The van der Waals surface area contributed by atoms with Crippen molar-refractivity contribution in [3.63, 3.8) is 0 Å². The van der Waals surface area contributed by atoms with E-state index in [0.29, 0.717) is 32.7 Å². The van der Waals surface area contributed by atoms with Gasteiger partial charge in [0.2, 0.25) is 11.5 Å². The van der Waals surface area contributed by atoms with Crippen LogP contribution in [0.15, 0.2) is 4.63 Å². The first-order valence-corrected chi connectivity index (χ1v) is 5.89. The standard InChI is InChI=1S/C10H15N5O4/c11-9-8(12-19-13-9)10(18)15-5-3-14(4-6-15)2-1-7(16)17/h1-6H2,(H2,11,13)(H,16,17). The van der Waals surface area contributed by atoms with Gasteiger partial charge < -0.3 is 15.7 Å². The van der Waals surface area contributed by atoms with Gasteiger partial charge in [0.15, 0.2) is 0 Å². The molecule has 0 aromatic carbocycles. The van der Waals surface area contributed by atoms with E-state index in [-0.39, 0.29) is 23.8 Å². The molecule has 104 valence electrons. The highest BCUT2D eigenvalue weighted by Gasteiger charge is 2.26. The molecule has 0 saturated carbocycles. The lowest BCUT2D eigenvalue weighted by molar-refractivity contribution is -0.137. The molecule has 1 aliphatic heterocycles. The summed E-state index contributed by atoms with van der Waals surface area (Å²) in [4.78, 5) is 26.1. The molecule has 0 spiro atoms. The van der Waals surface area contributed by atoms with Crippen LogP contribution in [-0.4, -0.2) is 69.8 Å². The Bertz CT molecular complexity index is 466. The number of nitrogen functional groups attached to an aromatic ring is 1. The van der Waals surface area contributed by atoms with Crippen molar-refractivity contribution in [2.45, 2.75) is 6.42 Å². The topological polar surface area (TPSA) is 126 Å². The summed E-state index contributed by atoms with van der Waals surface area (Å²) in [6.45, 7) is 2.76. The van der Waals surface area contributed by atoms with E-state index in [2.05, 4.69) is 14.9 Å². The molecule has 0 aliphatic carbocycles. The summed E-state index contributed by atoms with van der Waals surface area (Å²) in [5.41, 5.74) is 5.49. The van der Waals surface area contributed by atoms with E-state index in [0.717, 1.165) is 0 Å². The Morgan fingerprint density at radius 3 is 2.47 bits per heavy atom. The van der Waals surface area contributed by atoms with E-state index in [1.54, 1.807) is 4.90 Å². The number of amides is 1. The van der Waals surface area contributed by atoms with Crippen molar-refractivity contribution in [1.82, 2.24) is 20.1 Å². The molecule has 2 heterocycles. The minimum atomic E-state index is -0.819. The van der Waals surface area contributed by atoms with Crippen LogP contribution in [0.25, 0.3) is 0 Å². The zero-order valence-electron chi connectivity index (χ0n) is 10.3. The van der Waals surface area contributed by atoms with E-state index < -0.39 is 5.97 Å². The van der Waals surface area contributed by atoms with E-state index in [1.165, 1.54) is 0 Å². The van der Waals surface area contributed by atoms with Gasteiger partial charge in [0.05, 0.1) is 6.42 Å². The molecule has 3 N–H and O–H groups in total. The largest absolute Gasteiger partial charge is 0.481 e. The summed E-state index contributed by atoms with van der Waals surface area (Å²) in [6, 6.07) is 0. The maximum atomic E-state index is 12.0. The number of piperazine rings is 1. The second-order valence-corrected chi connectivity index (χ2v) is 4.28. The molecule has 19 heavy (non-hydrogen) atoms. The molecule has 0 radical (unpaired) electrons. The molecule has 0 atom stereocenters. The Labute approximate surface area is 108 Å². The maximum Gasteiger partial charge on any atom is 0.304 e. The smallest absolute Gasteiger partial charge is 0.304 e. The minimum absolute atomic E-state index is 0.0155. The third-order valence-electron chi connectivity index (χ3n) is 3.02. The van der Waals surface area contributed by atoms with Crippen LogP contribution in [0.5, 0.6) is 0 Å². The highest BCUT2D eigenvalue weighted by molar-refractivity contribution is 5.96.